The molecular formula is C23H44O3S2. The Kier molecular flexibility index (Phi) is 11.0. The van der Waals surface area contributed by atoms with Gasteiger partial charge in [-0.1, -0.05) is 65.2 Å². The van der Waals surface area contributed by atoms with Gasteiger partial charge >= 0.3 is 0 Å². The predicted octanol–water partition coefficient (Wildman–Crippen LogP) is 6.62. The molecule has 2 saturated heterocycles. The third-order valence-electron chi connectivity index (χ3n) is 5.84. The number of aliphatic hydroxyl groups is 1. The second-order valence-corrected chi connectivity index (χ2v) is 12.7. The van der Waals surface area contributed by atoms with E-state index < -0.39 is 11.9 Å². The van der Waals surface area contributed by atoms with Gasteiger partial charge in [0.05, 0.1) is 16.8 Å². The molecule has 0 aliphatic carbocycles. The fourth-order valence-corrected chi connectivity index (χ4v) is 7.66. The zero-order valence-corrected chi connectivity index (χ0v) is 20.3. The lowest BCUT2D eigenvalue weighted by molar-refractivity contribution is -0.151. The summed E-state index contributed by atoms with van der Waals surface area (Å²) in [4.78, 5) is 0. The van der Waals surface area contributed by atoms with E-state index in [1.54, 1.807) is 0 Å². The summed E-state index contributed by atoms with van der Waals surface area (Å²) in [5.41, 5.74) is 0. The zero-order chi connectivity index (χ0) is 20.5. The first-order valence-electron chi connectivity index (χ1n) is 11.6. The SMILES string of the molecule is CC(C)CCCCCCCCCC1(C[C@@H](O)[C@@H]2COC(C)(C)O2)SCCCS1. The van der Waals surface area contributed by atoms with E-state index in [0.29, 0.717) is 6.61 Å². The van der Waals surface area contributed by atoms with E-state index in [1.165, 1.54) is 75.7 Å². The van der Waals surface area contributed by atoms with Crippen LogP contribution in [0.4, 0.5) is 0 Å². The second-order valence-electron chi connectivity index (χ2n) is 9.51. The molecule has 0 radical (unpaired) electrons. The lowest BCUT2D eigenvalue weighted by Crippen LogP contribution is -2.38. The maximum absolute atomic E-state index is 10.8. The standard InChI is InChI=1S/C23H44O3S2/c1-19(2)13-10-8-6-5-7-9-11-14-23(27-15-12-16-28-23)17-20(24)21-18-25-22(3,4)26-21/h19-21,24H,5-18H2,1-4H3/t20-,21+/m1/s1. The number of ether oxygens (including phenoxy) is 2. The van der Waals surface area contributed by atoms with Crippen molar-refractivity contribution in [2.24, 2.45) is 5.92 Å². The van der Waals surface area contributed by atoms with Crippen LogP contribution in [0.25, 0.3) is 0 Å². The van der Waals surface area contributed by atoms with Gasteiger partial charge in [0.2, 0.25) is 0 Å². The first-order valence-corrected chi connectivity index (χ1v) is 13.6. The second kappa shape index (κ2) is 12.4. The van der Waals surface area contributed by atoms with Gasteiger partial charge in [-0.3, -0.25) is 0 Å². The molecule has 0 unspecified atom stereocenters. The Morgan fingerprint density at radius 1 is 0.964 bits per heavy atom. The molecule has 2 heterocycles. The highest BCUT2D eigenvalue weighted by Crippen LogP contribution is 2.49. The van der Waals surface area contributed by atoms with E-state index in [1.807, 2.05) is 13.8 Å². The quantitative estimate of drug-likeness (QED) is 0.331. The van der Waals surface area contributed by atoms with Crippen LogP contribution < -0.4 is 0 Å². The largest absolute Gasteiger partial charge is 0.390 e. The molecule has 2 atom stereocenters. The van der Waals surface area contributed by atoms with Gasteiger partial charge in [0.1, 0.15) is 6.10 Å². The van der Waals surface area contributed by atoms with Crippen molar-refractivity contribution in [1.29, 1.82) is 0 Å². The molecule has 3 nitrogen and oxygen atoms in total. The molecule has 1 N–H and O–H groups in total. The summed E-state index contributed by atoms with van der Waals surface area (Å²) in [6.45, 7) is 9.02. The fraction of sp³-hybridized carbons (Fsp3) is 1.00. The highest BCUT2D eigenvalue weighted by atomic mass is 32.2. The molecule has 2 aliphatic rings. The third kappa shape index (κ3) is 9.16. The monoisotopic (exact) mass is 432 g/mol. The summed E-state index contributed by atoms with van der Waals surface area (Å²) < 4.78 is 11.7. The molecule has 0 aromatic heterocycles. The van der Waals surface area contributed by atoms with Crippen LogP contribution in [0.15, 0.2) is 0 Å². The van der Waals surface area contributed by atoms with Crippen molar-refractivity contribution in [2.45, 2.75) is 120 Å². The molecule has 0 saturated carbocycles. The van der Waals surface area contributed by atoms with E-state index in [4.69, 9.17) is 9.47 Å². The summed E-state index contributed by atoms with van der Waals surface area (Å²) in [5.74, 6) is 2.75. The molecule has 2 aliphatic heterocycles. The Balaban J connectivity index is 1.66. The summed E-state index contributed by atoms with van der Waals surface area (Å²) in [7, 11) is 0. The van der Waals surface area contributed by atoms with Crippen LogP contribution in [-0.2, 0) is 9.47 Å². The minimum absolute atomic E-state index is 0.172. The van der Waals surface area contributed by atoms with Crippen LogP contribution in [0.2, 0.25) is 0 Å². The van der Waals surface area contributed by atoms with Crippen LogP contribution in [0.5, 0.6) is 0 Å². The first kappa shape index (κ1) is 24.8. The van der Waals surface area contributed by atoms with Crippen LogP contribution in [-0.4, -0.2) is 45.3 Å². The Labute approximate surface area is 182 Å². The van der Waals surface area contributed by atoms with Gasteiger partial charge in [0.15, 0.2) is 5.79 Å². The molecule has 0 spiro atoms. The molecule has 5 heteroatoms. The van der Waals surface area contributed by atoms with Gasteiger partial charge in [0, 0.05) is 0 Å². The Morgan fingerprint density at radius 2 is 1.57 bits per heavy atom. The Morgan fingerprint density at radius 3 is 2.14 bits per heavy atom. The Hall–Kier alpha value is 0.580. The molecule has 2 rings (SSSR count). The van der Waals surface area contributed by atoms with E-state index in [-0.39, 0.29) is 10.2 Å². The molecule has 2 fully saturated rings. The lowest BCUT2D eigenvalue weighted by Gasteiger charge is -2.38. The first-order chi connectivity index (χ1) is 13.3. The summed E-state index contributed by atoms with van der Waals surface area (Å²) in [6.07, 6.45) is 13.7. The molecule has 0 amide bonds. The maximum Gasteiger partial charge on any atom is 0.163 e. The molecular weight excluding hydrogens is 388 g/mol. The van der Waals surface area contributed by atoms with Gasteiger partial charge < -0.3 is 14.6 Å². The van der Waals surface area contributed by atoms with Gasteiger partial charge in [-0.25, -0.2) is 0 Å². The van der Waals surface area contributed by atoms with Gasteiger partial charge in [-0.05, 0) is 50.5 Å². The molecule has 0 aromatic rings. The van der Waals surface area contributed by atoms with Crippen molar-refractivity contribution >= 4 is 23.5 Å². The van der Waals surface area contributed by atoms with Crippen LogP contribution in [0.1, 0.15) is 98.3 Å². The van der Waals surface area contributed by atoms with E-state index >= 15 is 0 Å². The number of unbranched alkanes of at least 4 members (excludes halogenated alkanes) is 6. The molecule has 28 heavy (non-hydrogen) atoms. The number of rotatable bonds is 13. The van der Waals surface area contributed by atoms with Crippen LogP contribution >= 0.6 is 23.5 Å². The Bertz CT molecular complexity index is 422. The fourth-order valence-electron chi connectivity index (χ4n) is 4.17. The smallest absolute Gasteiger partial charge is 0.163 e. The average Bonchev–Trinajstić information content (AvgIpc) is 3.01. The van der Waals surface area contributed by atoms with E-state index in [2.05, 4.69) is 37.4 Å². The van der Waals surface area contributed by atoms with Crippen molar-refractivity contribution in [3.05, 3.63) is 0 Å². The van der Waals surface area contributed by atoms with Crippen molar-refractivity contribution in [3.8, 4) is 0 Å². The van der Waals surface area contributed by atoms with Gasteiger partial charge in [-0.2, -0.15) is 0 Å². The lowest BCUT2D eigenvalue weighted by atomic mass is 10.0. The molecule has 0 aromatic carbocycles. The summed E-state index contributed by atoms with van der Waals surface area (Å²) in [6, 6.07) is 0. The highest BCUT2D eigenvalue weighted by Gasteiger charge is 2.42. The van der Waals surface area contributed by atoms with E-state index in [9.17, 15) is 5.11 Å². The van der Waals surface area contributed by atoms with Gasteiger partial charge in [-0.15, -0.1) is 23.5 Å². The maximum atomic E-state index is 10.8. The minimum atomic E-state index is -0.555. The molecule has 166 valence electrons. The minimum Gasteiger partial charge on any atom is -0.390 e. The van der Waals surface area contributed by atoms with E-state index in [0.717, 1.165) is 12.3 Å². The van der Waals surface area contributed by atoms with Crippen molar-refractivity contribution in [1.82, 2.24) is 0 Å². The topological polar surface area (TPSA) is 38.7 Å². The number of aliphatic hydroxyl groups excluding tert-OH is 1. The number of thioether (sulfide) groups is 2. The summed E-state index contributed by atoms with van der Waals surface area (Å²) >= 11 is 4.16. The van der Waals surface area contributed by atoms with Crippen molar-refractivity contribution in [3.63, 3.8) is 0 Å². The number of hydrogen-bond donors (Lipinski definition) is 1. The van der Waals surface area contributed by atoms with Crippen molar-refractivity contribution in [2.75, 3.05) is 18.1 Å². The van der Waals surface area contributed by atoms with Crippen molar-refractivity contribution < 1.29 is 14.6 Å². The number of hydrogen-bond acceptors (Lipinski definition) is 5. The van der Waals surface area contributed by atoms with Crippen LogP contribution in [0, 0.1) is 5.92 Å². The zero-order valence-electron chi connectivity index (χ0n) is 18.7. The molecule has 0 bridgehead atoms. The highest BCUT2D eigenvalue weighted by molar-refractivity contribution is 8.18. The van der Waals surface area contributed by atoms with Crippen LogP contribution in [0.3, 0.4) is 0 Å². The summed E-state index contributed by atoms with van der Waals surface area (Å²) in [5, 5.41) is 10.8. The third-order valence-corrected chi connectivity index (χ3v) is 9.32. The normalized spacial score (nSPS) is 25.3. The predicted molar refractivity (Wildman–Crippen MR) is 124 cm³/mol. The van der Waals surface area contributed by atoms with Gasteiger partial charge in [0.25, 0.3) is 0 Å². The average molecular weight is 433 g/mol.